The van der Waals surface area contributed by atoms with Gasteiger partial charge in [-0.1, -0.05) is 145 Å². The van der Waals surface area contributed by atoms with Gasteiger partial charge in [-0.05, 0) is 105 Å². The predicted octanol–water partition coefficient (Wildman–Crippen LogP) is 13.3. The fraction of sp³-hybridized carbons (Fsp3) is 0.455. The second-order valence-electron chi connectivity index (χ2n) is 13.2. The molecular weight excluding hydrogens is 556 g/mol. The van der Waals surface area contributed by atoms with Crippen molar-refractivity contribution in [3.63, 3.8) is 0 Å². The highest BCUT2D eigenvalue weighted by Crippen LogP contribution is 2.19. The van der Waals surface area contributed by atoms with Gasteiger partial charge in [0.25, 0.3) is 0 Å². The van der Waals surface area contributed by atoms with Gasteiger partial charge in [-0.2, -0.15) is 0 Å². The first-order valence-corrected chi connectivity index (χ1v) is 18.4. The summed E-state index contributed by atoms with van der Waals surface area (Å²) in [7, 11) is 0. The maximum Gasteiger partial charge on any atom is 0.0385 e. The molecule has 0 unspecified atom stereocenters. The SMILES string of the molecule is CC(C)Nc1ccc(Nc2ccccc2)cc1.CCCCCCCCc1ccc(Cc2ccc(CCCCCCCC)cc2)cc1. The summed E-state index contributed by atoms with van der Waals surface area (Å²) < 4.78 is 0. The van der Waals surface area contributed by atoms with E-state index in [0.29, 0.717) is 6.04 Å². The lowest BCUT2D eigenvalue weighted by Gasteiger charge is -2.11. The first-order chi connectivity index (χ1) is 22.6. The van der Waals surface area contributed by atoms with E-state index < -0.39 is 0 Å². The molecule has 2 nitrogen and oxygen atoms in total. The summed E-state index contributed by atoms with van der Waals surface area (Å²) >= 11 is 0. The van der Waals surface area contributed by atoms with Crippen molar-refractivity contribution >= 4 is 17.1 Å². The van der Waals surface area contributed by atoms with E-state index in [1.807, 2.05) is 18.2 Å². The van der Waals surface area contributed by atoms with Crippen LogP contribution in [0.5, 0.6) is 0 Å². The maximum absolute atomic E-state index is 3.37. The number of aryl methyl sites for hydroxylation is 2. The van der Waals surface area contributed by atoms with Crippen molar-refractivity contribution in [3.8, 4) is 0 Å². The van der Waals surface area contributed by atoms with E-state index in [9.17, 15) is 0 Å². The molecule has 0 spiro atoms. The number of unbranched alkanes of at least 4 members (excludes halogenated alkanes) is 10. The molecule has 0 amide bonds. The zero-order chi connectivity index (χ0) is 32.7. The molecule has 4 rings (SSSR count). The number of anilines is 3. The monoisotopic (exact) mass is 618 g/mol. The summed E-state index contributed by atoms with van der Waals surface area (Å²) in [4.78, 5) is 0. The molecule has 0 aliphatic carbocycles. The lowest BCUT2D eigenvalue weighted by atomic mass is 9.99. The van der Waals surface area contributed by atoms with Crippen molar-refractivity contribution in [1.82, 2.24) is 0 Å². The molecule has 2 N–H and O–H groups in total. The van der Waals surface area contributed by atoms with Gasteiger partial charge < -0.3 is 10.6 Å². The highest BCUT2D eigenvalue weighted by Gasteiger charge is 2.01. The average molecular weight is 619 g/mol. The molecule has 0 saturated heterocycles. The van der Waals surface area contributed by atoms with Crippen LogP contribution in [0.1, 0.15) is 127 Å². The second kappa shape index (κ2) is 22.9. The molecule has 0 aromatic heterocycles. The van der Waals surface area contributed by atoms with Crippen LogP contribution >= 0.6 is 0 Å². The minimum Gasteiger partial charge on any atom is -0.383 e. The highest BCUT2D eigenvalue weighted by molar-refractivity contribution is 5.62. The third-order valence-corrected chi connectivity index (χ3v) is 8.49. The Morgan fingerprint density at radius 2 is 0.804 bits per heavy atom. The van der Waals surface area contributed by atoms with E-state index in [4.69, 9.17) is 0 Å². The van der Waals surface area contributed by atoms with Crippen molar-refractivity contribution in [2.45, 2.75) is 130 Å². The third-order valence-electron chi connectivity index (χ3n) is 8.49. The van der Waals surface area contributed by atoms with Gasteiger partial charge >= 0.3 is 0 Å². The van der Waals surface area contributed by atoms with E-state index in [0.717, 1.165) is 23.5 Å². The molecule has 4 aromatic rings. The van der Waals surface area contributed by atoms with E-state index in [1.165, 1.54) is 112 Å². The van der Waals surface area contributed by atoms with Gasteiger partial charge in [0.15, 0.2) is 0 Å². The molecule has 0 aliphatic rings. The maximum atomic E-state index is 3.37. The quantitative estimate of drug-likeness (QED) is 0.0963. The summed E-state index contributed by atoms with van der Waals surface area (Å²) in [6.07, 6.45) is 20.1. The van der Waals surface area contributed by atoms with Crippen LogP contribution in [0.25, 0.3) is 0 Å². The first kappa shape index (κ1) is 36.9. The van der Waals surface area contributed by atoms with Crippen molar-refractivity contribution < 1.29 is 0 Å². The Hall–Kier alpha value is -3.52. The molecular formula is C44H62N2. The number of hydrogen-bond acceptors (Lipinski definition) is 2. The molecule has 248 valence electrons. The van der Waals surface area contributed by atoms with Gasteiger partial charge in [0.2, 0.25) is 0 Å². The Bertz CT molecular complexity index is 1220. The largest absolute Gasteiger partial charge is 0.383 e. The molecule has 0 aliphatic heterocycles. The summed E-state index contributed by atoms with van der Waals surface area (Å²) in [5, 5.41) is 6.72. The normalized spacial score (nSPS) is 10.8. The standard InChI is InChI=1S/C29H44.C15H18N2/c1-3-5-7-9-11-13-15-26-17-21-28(22-18-26)25-29-23-19-27(20-24-29)16-14-12-10-8-6-4-2;1-12(2)16-14-8-10-15(11-9-14)17-13-6-4-3-5-7-13/h17-24H,3-16,25H2,1-2H3;3-12,16-17H,1-2H3. The highest BCUT2D eigenvalue weighted by atomic mass is 14.9. The fourth-order valence-electron chi connectivity index (χ4n) is 5.77. The Kier molecular flexibility index (Phi) is 18.4. The summed E-state index contributed by atoms with van der Waals surface area (Å²) in [5.41, 5.74) is 9.22. The first-order valence-electron chi connectivity index (χ1n) is 18.4. The molecule has 0 atom stereocenters. The van der Waals surface area contributed by atoms with Crippen LogP contribution in [-0.2, 0) is 19.3 Å². The number of para-hydroxylation sites is 1. The Balaban J connectivity index is 0.000000286. The van der Waals surface area contributed by atoms with E-state index >= 15 is 0 Å². The number of rotatable bonds is 20. The number of benzene rings is 4. The summed E-state index contributed by atoms with van der Waals surface area (Å²) in [6, 6.07) is 37.7. The van der Waals surface area contributed by atoms with Gasteiger partial charge in [-0.25, -0.2) is 0 Å². The molecule has 2 heteroatoms. The van der Waals surface area contributed by atoms with Gasteiger partial charge in [-0.15, -0.1) is 0 Å². The van der Waals surface area contributed by atoms with Crippen LogP contribution in [0.15, 0.2) is 103 Å². The molecule has 0 saturated carbocycles. The van der Waals surface area contributed by atoms with Gasteiger partial charge in [0, 0.05) is 23.1 Å². The Morgan fingerprint density at radius 1 is 0.413 bits per heavy atom. The van der Waals surface area contributed by atoms with Crippen LogP contribution in [0, 0.1) is 0 Å². The Labute approximate surface area is 282 Å². The average Bonchev–Trinajstić information content (AvgIpc) is 3.07. The third kappa shape index (κ3) is 16.2. The molecule has 0 bridgehead atoms. The lowest BCUT2D eigenvalue weighted by Crippen LogP contribution is -2.09. The molecule has 0 radical (unpaired) electrons. The van der Waals surface area contributed by atoms with E-state index in [-0.39, 0.29) is 0 Å². The Morgan fingerprint density at radius 3 is 1.26 bits per heavy atom. The van der Waals surface area contributed by atoms with Crippen LogP contribution < -0.4 is 10.6 Å². The fourth-order valence-corrected chi connectivity index (χ4v) is 5.77. The molecule has 0 heterocycles. The molecule has 46 heavy (non-hydrogen) atoms. The number of nitrogens with one attached hydrogen (secondary N) is 2. The van der Waals surface area contributed by atoms with Crippen molar-refractivity contribution in [2.24, 2.45) is 0 Å². The van der Waals surface area contributed by atoms with Crippen molar-refractivity contribution in [1.29, 1.82) is 0 Å². The van der Waals surface area contributed by atoms with Gasteiger partial charge in [0.1, 0.15) is 0 Å². The smallest absolute Gasteiger partial charge is 0.0385 e. The van der Waals surface area contributed by atoms with Crippen molar-refractivity contribution in [2.75, 3.05) is 10.6 Å². The van der Waals surface area contributed by atoms with Crippen LogP contribution in [0.3, 0.4) is 0 Å². The lowest BCUT2D eigenvalue weighted by molar-refractivity contribution is 0.607. The minimum absolute atomic E-state index is 0.461. The summed E-state index contributed by atoms with van der Waals surface area (Å²) in [6.45, 7) is 8.84. The molecule has 4 aromatic carbocycles. The predicted molar refractivity (Wildman–Crippen MR) is 205 cm³/mol. The van der Waals surface area contributed by atoms with Crippen molar-refractivity contribution in [3.05, 3.63) is 125 Å². The van der Waals surface area contributed by atoms with E-state index in [1.54, 1.807) is 0 Å². The topological polar surface area (TPSA) is 24.1 Å². The molecule has 0 fully saturated rings. The van der Waals surface area contributed by atoms with E-state index in [2.05, 4.69) is 123 Å². The second-order valence-corrected chi connectivity index (χ2v) is 13.2. The number of hydrogen-bond donors (Lipinski definition) is 2. The minimum atomic E-state index is 0.461. The zero-order valence-corrected chi connectivity index (χ0v) is 29.5. The van der Waals surface area contributed by atoms with Crippen LogP contribution in [0.2, 0.25) is 0 Å². The van der Waals surface area contributed by atoms with Crippen LogP contribution in [0.4, 0.5) is 17.1 Å². The zero-order valence-electron chi connectivity index (χ0n) is 29.5. The van der Waals surface area contributed by atoms with Crippen LogP contribution in [-0.4, -0.2) is 6.04 Å². The van der Waals surface area contributed by atoms with Gasteiger partial charge in [0.05, 0.1) is 0 Å². The summed E-state index contributed by atoms with van der Waals surface area (Å²) in [5.74, 6) is 0. The van der Waals surface area contributed by atoms with Gasteiger partial charge in [-0.3, -0.25) is 0 Å².